The molecule has 0 saturated carbocycles. The van der Waals surface area contributed by atoms with E-state index in [1.165, 1.54) is 7.11 Å². The first-order valence-electron chi connectivity index (χ1n) is 7.82. The number of ether oxygens (including phenoxy) is 2. The van der Waals surface area contributed by atoms with E-state index in [2.05, 4.69) is 27.9 Å². The third-order valence-electron chi connectivity index (χ3n) is 3.52. The van der Waals surface area contributed by atoms with Gasteiger partial charge in [-0.15, -0.1) is 0 Å². The molecule has 5 nitrogen and oxygen atoms in total. The average molecular weight is 453 g/mol. The van der Waals surface area contributed by atoms with E-state index in [1.54, 1.807) is 0 Å². The zero-order valence-electron chi connectivity index (χ0n) is 13.9. The number of rotatable bonds is 8. The van der Waals surface area contributed by atoms with Crippen molar-refractivity contribution < 1.29 is 19.1 Å². The molecule has 1 amide bonds. The number of halogens is 1. The Morgan fingerprint density at radius 2 is 1.72 bits per heavy atom. The lowest BCUT2D eigenvalue weighted by molar-refractivity contribution is -0.145. The molecule has 2 aromatic rings. The van der Waals surface area contributed by atoms with Crippen molar-refractivity contribution in [2.24, 2.45) is 0 Å². The van der Waals surface area contributed by atoms with Crippen LogP contribution in [-0.4, -0.2) is 31.6 Å². The van der Waals surface area contributed by atoms with E-state index in [0.717, 1.165) is 14.7 Å². The number of methoxy groups -OCH3 is 1. The van der Waals surface area contributed by atoms with Crippen molar-refractivity contribution in [2.45, 2.75) is 19.1 Å². The first-order chi connectivity index (χ1) is 12.1. The molecule has 0 heterocycles. The Morgan fingerprint density at radius 3 is 2.36 bits per heavy atom. The lowest BCUT2D eigenvalue weighted by atomic mass is 10.1. The third-order valence-corrected chi connectivity index (χ3v) is 4.24. The minimum absolute atomic E-state index is 0.116. The largest absolute Gasteiger partial charge is 0.467 e. The molecule has 0 bridgehead atoms. The van der Waals surface area contributed by atoms with Crippen LogP contribution in [0.3, 0.4) is 0 Å². The third kappa shape index (κ3) is 6.83. The van der Waals surface area contributed by atoms with Crippen molar-refractivity contribution in [1.29, 1.82) is 0 Å². The number of hydrogen-bond acceptors (Lipinski definition) is 4. The second-order valence-electron chi connectivity index (χ2n) is 5.45. The van der Waals surface area contributed by atoms with E-state index in [4.69, 9.17) is 9.47 Å². The summed E-state index contributed by atoms with van der Waals surface area (Å²) in [5.74, 6) is -0.827. The lowest BCUT2D eigenvalue weighted by Crippen LogP contribution is -2.44. The summed E-state index contributed by atoms with van der Waals surface area (Å²) in [5, 5.41) is 2.68. The van der Waals surface area contributed by atoms with Crippen molar-refractivity contribution >= 4 is 34.5 Å². The predicted octanol–water partition coefficient (Wildman–Crippen LogP) is 2.71. The Labute approximate surface area is 160 Å². The van der Waals surface area contributed by atoms with Gasteiger partial charge in [-0.1, -0.05) is 42.5 Å². The lowest BCUT2D eigenvalue weighted by Gasteiger charge is -2.17. The van der Waals surface area contributed by atoms with Crippen LogP contribution in [-0.2, 0) is 32.1 Å². The van der Waals surface area contributed by atoms with Crippen LogP contribution < -0.4 is 5.32 Å². The van der Waals surface area contributed by atoms with Crippen LogP contribution in [0.15, 0.2) is 54.6 Å². The van der Waals surface area contributed by atoms with E-state index in [9.17, 15) is 9.59 Å². The Kier molecular flexibility index (Phi) is 7.87. The van der Waals surface area contributed by atoms with E-state index in [1.807, 2.05) is 54.6 Å². The maximum atomic E-state index is 12.1. The summed E-state index contributed by atoms with van der Waals surface area (Å²) >= 11 is 2.21. The molecule has 6 heteroatoms. The fourth-order valence-electron chi connectivity index (χ4n) is 2.26. The molecular formula is C19H20INO4. The van der Waals surface area contributed by atoms with Gasteiger partial charge in [-0.2, -0.15) is 0 Å². The summed E-state index contributed by atoms with van der Waals surface area (Å²) in [5.41, 5.74) is 1.93. The van der Waals surface area contributed by atoms with Crippen molar-refractivity contribution in [3.05, 3.63) is 69.3 Å². The summed E-state index contributed by atoms with van der Waals surface area (Å²) in [7, 11) is 1.31. The van der Waals surface area contributed by atoms with Crippen LogP contribution in [0, 0.1) is 3.57 Å². The fraction of sp³-hybridized carbons (Fsp3) is 0.263. The van der Waals surface area contributed by atoms with Crippen LogP contribution in [0.5, 0.6) is 0 Å². The maximum Gasteiger partial charge on any atom is 0.328 e. The van der Waals surface area contributed by atoms with Gasteiger partial charge in [0.2, 0.25) is 5.91 Å². The zero-order chi connectivity index (χ0) is 18.1. The van der Waals surface area contributed by atoms with Gasteiger partial charge < -0.3 is 14.8 Å². The zero-order valence-corrected chi connectivity index (χ0v) is 16.1. The number of esters is 1. The molecule has 0 saturated heterocycles. The first kappa shape index (κ1) is 19.4. The number of amides is 1. The van der Waals surface area contributed by atoms with E-state index < -0.39 is 12.0 Å². The van der Waals surface area contributed by atoms with E-state index >= 15 is 0 Å². The number of carbonyl (C=O) groups is 2. The molecule has 132 valence electrons. The standard InChI is InChI=1S/C19H20INO4/c1-24-19(23)17(11-14-7-9-16(20)10-8-14)21-18(22)13-25-12-15-5-3-2-4-6-15/h2-10,17H,11-13H2,1H3,(H,21,22)/t17-/m1/s1. The average Bonchev–Trinajstić information content (AvgIpc) is 2.63. The van der Waals surface area contributed by atoms with Gasteiger partial charge in [-0.25, -0.2) is 4.79 Å². The molecule has 1 atom stereocenters. The summed E-state index contributed by atoms with van der Waals surface area (Å²) in [4.78, 5) is 24.0. The predicted molar refractivity (Wildman–Crippen MR) is 103 cm³/mol. The Hall–Kier alpha value is -1.93. The summed E-state index contributed by atoms with van der Waals surface area (Å²) < 4.78 is 11.3. The highest BCUT2D eigenvalue weighted by Crippen LogP contribution is 2.09. The highest BCUT2D eigenvalue weighted by atomic mass is 127. The number of hydrogen-bond donors (Lipinski definition) is 1. The summed E-state index contributed by atoms with van der Waals surface area (Å²) in [6.07, 6.45) is 0.369. The molecule has 0 aliphatic heterocycles. The van der Waals surface area contributed by atoms with E-state index in [0.29, 0.717) is 13.0 Å². The topological polar surface area (TPSA) is 64.6 Å². The first-order valence-corrected chi connectivity index (χ1v) is 8.89. The Bertz CT molecular complexity index is 688. The normalized spacial score (nSPS) is 11.6. The van der Waals surface area contributed by atoms with Crippen molar-refractivity contribution in [1.82, 2.24) is 5.32 Å². The maximum absolute atomic E-state index is 12.1. The molecule has 2 rings (SSSR count). The highest BCUT2D eigenvalue weighted by molar-refractivity contribution is 14.1. The fourth-order valence-corrected chi connectivity index (χ4v) is 2.62. The van der Waals surface area contributed by atoms with Gasteiger partial charge in [0.1, 0.15) is 12.6 Å². The van der Waals surface area contributed by atoms with Crippen LogP contribution >= 0.6 is 22.6 Å². The summed E-state index contributed by atoms with van der Waals surface area (Å²) in [6, 6.07) is 16.6. The number of carbonyl (C=O) groups excluding carboxylic acids is 2. The summed E-state index contributed by atoms with van der Waals surface area (Å²) in [6.45, 7) is 0.226. The van der Waals surface area contributed by atoms with Gasteiger partial charge in [0.05, 0.1) is 13.7 Å². The van der Waals surface area contributed by atoms with Crippen molar-refractivity contribution in [3.8, 4) is 0 Å². The molecule has 0 spiro atoms. The van der Waals surface area contributed by atoms with Gasteiger partial charge in [0, 0.05) is 9.99 Å². The number of benzene rings is 2. The quantitative estimate of drug-likeness (QED) is 0.493. The Balaban J connectivity index is 1.86. The molecule has 0 fully saturated rings. The molecule has 0 aliphatic carbocycles. The molecule has 2 aromatic carbocycles. The molecular weight excluding hydrogens is 433 g/mol. The smallest absolute Gasteiger partial charge is 0.328 e. The van der Waals surface area contributed by atoms with E-state index in [-0.39, 0.29) is 12.5 Å². The van der Waals surface area contributed by atoms with Crippen LogP contribution in [0.25, 0.3) is 0 Å². The second-order valence-corrected chi connectivity index (χ2v) is 6.70. The van der Waals surface area contributed by atoms with Crippen molar-refractivity contribution in [2.75, 3.05) is 13.7 Å². The van der Waals surface area contributed by atoms with Gasteiger partial charge >= 0.3 is 5.97 Å². The van der Waals surface area contributed by atoms with Crippen molar-refractivity contribution in [3.63, 3.8) is 0 Å². The van der Waals surface area contributed by atoms with Gasteiger partial charge in [0.25, 0.3) is 0 Å². The van der Waals surface area contributed by atoms with Gasteiger partial charge in [-0.05, 0) is 45.9 Å². The van der Waals surface area contributed by atoms with Crippen LogP contribution in [0.1, 0.15) is 11.1 Å². The highest BCUT2D eigenvalue weighted by Gasteiger charge is 2.22. The molecule has 1 N–H and O–H groups in total. The number of nitrogens with one attached hydrogen (secondary N) is 1. The molecule has 0 aliphatic rings. The molecule has 0 aromatic heterocycles. The molecule has 25 heavy (non-hydrogen) atoms. The van der Waals surface area contributed by atoms with Gasteiger partial charge in [-0.3, -0.25) is 4.79 Å². The van der Waals surface area contributed by atoms with Gasteiger partial charge in [0.15, 0.2) is 0 Å². The van der Waals surface area contributed by atoms with Crippen LogP contribution in [0.2, 0.25) is 0 Å². The Morgan fingerprint density at radius 1 is 1.04 bits per heavy atom. The minimum Gasteiger partial charge on any atom is -0.467 e. The monoisotopic (exact) mass is 453 g/mol. The second kappa shape index (κ2) is 10.1. The molecule has 0 unspecified atom stereocenters. The molecule has 0 radical (unpaired) electrons. The SMILES string of the molecule is COC(=O)[C@@H](Cc1ccc(I)cc1)NC(=O)COCc1ccccc1. The van der Waals surface area contributed by atoms with Crippen LogP contribution in [0.4, 0.5) is 0 Å². The minimum atomic E-state index is -0.738.